The van der Waals surface area contributed by atoms with E-state index in [0.717, 1.165) is 66.6 Å². The quantitative estimate of drug-likeness (QED) is 0.303. The average molecular weight is 530 g/mol. The Morgan fingerprint density at radius 3 is 2.69 bits per heavy atom. The number of carbonyl (C=O) groups is 1. The molecule has 1 aromatic carbocycles. The maximum absolute atomic E-state index is 13.9. The van der Waals surface area contributed by atoms with E-state index >= 15 is 0 Å². The van der Waals surface area contributed by atoms with Gasteiger partial charge < -0.3 is 5.11 Å². The van der Waals surface area contributed by atoms with Crippen LogP contribution in [-0.2, 0) is 17.8 Å². The number of rotatable bonds is 10. The largest absolute Gasteiger partial charge is 0.481 e. The van der Waals surface area contributed by atoms with Gasteiger partial charge in [-0.2, -0.15) is 5.21 Å². The lowest BCUT2D eigenvalue weighted by molar-refractivity contribution is -0.145. The van der Waals surface area contributed by atoms with Crippen LogP contribution in [0.1, 0.15) is 69.8 Å². The minimum atomic E-state index is -0.815. The number of nitrogens with zero attached hydrogens (tertiary/aromatic N) is 6. The molecule has 0 aliphatic heterocycles. The molecule has 0 spiro atoms. The summed E-state index contributed by atoms with van der Waals surface area (Å²) in [6.45, 7) is 4.54. The van der Waals surface area contributed by atoms with Crippen LogP contribution >= 0.6 is 0 Å². The number of unbranched alkanes of at least 4 members (excludes halogenated alkanes) is 1. The molecule has 0 amide bonds. The Balaban J connectivity index is 1.50. The highest BCUT2D eigenvalue weighted by Crippen LogP contribution is 2.40. The van der Waals surface area contributed by atoms with Crippen molar-refractivity contribution in [3.8, 4) is 22.5 Å². The molecule has 39 heavy (non-hydrogen) atoms. The Hall–Kier alpha value is -4.08. The number of H-pyrrole nitrogens is 1. The molecule has 0 radical (unpaired) electrons. The number of hydrogen-bond donors (Lipinski definition) is 2. The molecular weight excluding hydrogens is 494 g/mol. The molecule has 3 heterocycles. The summed E-state index contributed by atoms with van der Waals surface area (Å²) in [4.78, 5) is 30.7. The average Bonchev–Trinajstić information content (AvgIpc) is 3.61. The number of aliphatic carboxylic acids is 1. The van der Waals surface area contributed by atoms with E-state index in [0.29, 0.717) is 18.8 Å². The van der Waals surface area contributed by atoms with Crippen molar-refractivity contribution in [2.24, 2.45) is 11.8 Å². The van der Waals surface area contributed by atoms with Crippen LogP contribution in [0.2, 0.25) is 0 Å². The number of imidazole rings is 1. The van der Waals surface area contributed by atoms with Gasteiger partial charge in [-0.3, -0.25) is 18.9 Å². The van der Waals surface area contributed by atoms with Gasteiger partial charge >= 0.3 is 11.7 Å². The Kier molecular flexibility index (Phi) is 7.99. The molecule has 3 atom stereocenters. The van der Waals surface area contributed by atoms with E-state index in [-0.39, 0.29) is 17.6 Å². The molecule has 1 aliphatic carbocycles. The van der Waals surface area contributed by atoms with Crippen molar-refractivity contribution in [1.29, 1.82) is 0 Å². The predicted molar refractivity (Wildman–Crippen MR) is 147 cm³/mol. The Morgan fingerprint density at radius 1 is 1.13 bits per heavy atom. The molecule has 10 heteroatoms. The number of pyridine rings is 1. The van der Waals surface area contributed by atoms with Gasteiger partial charge in [0.15, 0.2) is 0 Å². The van der Waals surface area contributed by atoms with Crippen LogP contribution in [-0.4, -0.2) is 45.8 Å². The maximum atomic E-state index is 13.9. The Labute approximate surface area is 227 Å². The van der Waals surface area contributed by atoms with E-state index in [2.05, 4.69) is 39.5 Å². The zero-order chi connectivity index (χ0) is 27.4. The molecule has 1 aliphatic rings. The molecule has 3 unspecified atom stereocenters. The first-order valence-corrected chi connectivity index (χ1v) is 13.8. The Bertz CT molecular complexity index is 1470. The molecule has 5 rings (SSSR count). The fourth-order valence-corrected chi connectivity index (χ4v) is 5.92. The number of carboxylic acids is 1. The second kappa shape index (κ2) is 11.8. The standard InChI is InChI=1S/C29H35N7O3/c1-3-5-11-24-18-36(26-19(4-2)8-7-12-25(26)28(37)38)29(39)35(24)17-23-16-21(13-14-30-23)20-9-6-10-22(15-20)27-31-33-34-32-27/h6,9-10,13-16,18-19,25-26H,3-5,7-8,11-12,17H2,1-2H3,(H,37,38)(H,31,32,33,34). The molecule has 1 saturated carbocycles. The SMILES string of the molecule is CCCCc1cn(C2C(CC)CCCC2C(=O)O)c(=O)n1Cc1cc(-c2cccc(-c3nn[nH]n3)c2)ccn1. The van der Waals surface area contributed by atoms with Gasteiger partial charge in [0, 0.05) is 23.7 Å². The van der Waals surface area contributed by atoms with E-state index in [1.807, 2.05) is 42.6 Å². The smallest absolute Gasteiger partial charge is 0.328 e. The summed E-state index contributed by atoms with van der Waals surface area (Å²) in [7, 11) is 0. The van der Waals surface area contributed by atoms with Crippen molar-refractivity contribution in [2.75, 3.05) is 0 Å². The number of aromatic amines is 1. The summed E-state index contributed by atoms with van der Waals surface area (Å²) >= 11 is 0. The summed E-state index contributed by atoms with van der Waals surface area (Å²) < 4.78 is 3.52. The molecule has 4 aromatic rings. The van der Waals surface area contributed by atoms with Crippen LogP contribution in [0.3, 0.4) is 0 Å². The van der Waals surface area contributed by atoms with Gasteiger partial charge in [0.25, 0.3) is 0 Å². The molecule has 2 N–H and O–H groups in total. The van der Waals surface area contributed by atoms with Crippen LogP contribution in [0.4, 0.5) is 0 Å². The molecule has 0 bridgehead atoms. The lowest BCUT2D eigenvalue weighted by atomic mass is 9.75. The van der Waals surface area contributed by atoms with E-state index in [9.17, 15) is 14.7 Å². The fraction of sp³-hybridized carbons (Fsp3) is 0.448. The zero-order valence-electron chi connectivity index (χ0n) is 22.5. The second-order valence-corrected chi connectivity index (χ2v) is 10.4. The number of hydrogen-bond acceptors (Lipinski definition) is 6. The van der Waals surface area contributed by atoms with Crippen molar-refractivity contribution in [1.82, 2.24) is 34.7 Å². The van der Waals surface area contributed by atoms with Gasteiger partial charge in [-0.15, -0.1) is 10.2 Å². The van der Waals surface area contributed by atoms with Crippen LogP contribution in [0.25, 0.3) is 22.5 Å². The lowest BCUT2D eigenvalue weighted by Crippen LogP contribution is -2.40. The third-order valence-corrected chi connectivity index (χ3v) is 7.96. The third-order valence-electron chi connectivity index (χ3n) is 7.96. The minimum Gasteiger partial charge on any atom is -0.481 e. The van der Waals surface area contributed by atoms with Gasteiger partial charge in [0.05, 0.1) is 24.2 Å². The van der Waals surface area contributed by atoms with Crippen LogP contribution in [0, 0.1) is 11.8 Å². The van der Waals surface area contributed by atoms with Gasteiger partial charge in [0.1, 0.15) is 0 Å². The van der Waals surface area contributed by atoms with E-state index < -0.39 is 11.9 Å². The molecule has 10 nitrogen and oxygen atoms in total. The highest BCUT2D eigenvalue weighted by Gasteiger charge is 2.39. The Morgan fingerprint density at radius 2 is 1.95 bits per heavy atom. The third kappa shape index (κ3) is 5.55. The molecule has 3 aromatic heterocycles. The van der Waals surface area contributed by atoms with E-state index in [1.165, 1.54) is 0 Å². The van der Waals surface area contributed by atoms with Gasteiger partial charge in [0.2, 0.25) is 5.82 Å². The minimum absolute atomic E-state index is 0.149. The molecule has 1 fully saturated rings. The molecule has 0 saturated heterocycles. The first kappa shape index (κ1) is 26.5. The van der Waals surface area contributed by atoms with Crippen molar-refractivity contribution >= 4 is 5.97 Å². The predicted octanol–water partition coefficient (Wildman–Crippen LogP) is 4.73. The van der Waals surface area contributed by atoms with E-state index in [4.69, 9.17) is 0 Å². The number of carboxylic acid groups (broad SMARTS) is 1. The summed E-state index contributed by atoms with van der Waals surface area (Å²) in [5.74, 6) is -0.678. The van der Waals surface area contributed by atoms with Gasteiger partial charge in [-0.25, -0.2) is 4.79 Å². The summed E-state index contributed by atoms with van der Waals surface area (Å²) in [6, 6.07) is 11.5. The van der Waals surface area contributed by atoms with Crippen LogP contribution in [0.15, 0.2) is 53.6 Å². The highest BCUT2D eigenvalue weighted by atomic mass is 16.4. The van der Waals surface area contributed by atoms with Crippen LogP contribution < -0.4 is 5.69 Å². The van der Waals surface area contributed by atoms with Crippen molar-refractivity contribution in [3.05, 3.63) is 70.7 Å². The number of nitrogens with one attached hydrogen (secondary N) is 1. The normalized spacial score (nSPS) is 19.3. The summed E-state index contributed by atoms with van der Waals surface area (Å²) in [5.41, 5.74) is 4.34. The fourth-order valence-electron chi connectivity index (χ4n) is 5.92. The number of tetrazole rings is 1. The van der Waals surface area contributed by atoms with Crippen molar-refractivity contribution in [2.45, 2.75) is 71.4 Å². The summed E-state index contributed by atoms with van der Waals surface area (Å²) in [5, 5.41) is 24.3. The maximum Gasteiger partial charge on any atom is 0.328 e. The zero-order valence-corrected chi connectivity index (χ0v) is 22.5. The number of aryl methyl sites for hydroxylation is 1. The molecule has 204 valence electrons. The first-order valence-electron chi connectivity index (χ1n) is 13.8. The molecular formula is C29H35N7O3. The van der Waals surface area contributed by atoms with Gasteiger partial charge in [-0.1, -0.05) is 51.3 Å². The van der Waals surface area contributed by atoms with Crippen molar-refractivity contribution in [3.63, 3.8) is 0 Å². The first-order chi connectivity index (χ1) is 19.0. The van der Waals surface area contributed by atoms with Crippen molar-refractivity contribution < 1.29 is 9.90 Å². The lowest BCUT2D eigenvalue weighted by Gasteiger charge is -2.36. The number of aromatic nitrogens is 7. The van der Waals surface area contributed by atoms with E-state index in [1.54, 1.807) is 15.3 Å². The second-order valence-electron chi connectivity index (χ2n) is 10.4. The topological polar surface area (TPSA) is 132 Å². The van der Waals surface area contributed by atoms with Crippen LogP contribution in [0.5, 0.6) is 0 Å². The monoisotopic (exact) mass is 529 g/mol. The van der Waals surface area contributed by atoms with Gasteiger partial charge in [-0.05, 0) is 66.1 Å². The highest BCUT2D eigenvalue weighted by molar-refractivity contribution is 5.71. The number of benzene rings is 1. The summed E-state index contributed by atoms with van der Waals surface area (Å²) in [6.07, 6.45) is 9.67.